The van der Waals surface area contributed by atoms with Crippen molar-refractivity contribution in [1.82, 2.24) is 15.8 Å². The monoisotopic (exact) mass is 470 g/mol. The van der Waals surface area contributed by atoms with E-state index in [2.05, 4.69) is 10.3 Å². The third kappa shape index (κ3) is 6.33. The number of nitrogens with zero attached hydrogens (tertiary/aromatic N) is 1. The van der Waals surface area contributed by atoms with Crippen LogP contribution in [0.1, 0.15) is 35.4 Å². The number of hydrogen-bond acceptors (Lipinski definition) is 6. The van der Waals surface area contributed by atoms with Crippen molar-refractivity contribution in [3.8, 4) is 5.75 Å². The molecule has 1 heterocycles. The Balaban J connectivity index is 1.70. The van der Waals surface area contributed by atoms with Crippen molar-refractivity contribution < 1.29 is 28.3 Å². The van der Waals surface area contributed by atoms with Gasteiger partial charge in [-0.3, -0.25) is 25.9 Å². The Morgan fingerprint density at radius 1 is 1.15 bits per heavy atom. The third-order valence-corrected chi connectivity index (χ3v) is 4.82. The van der Waals surface area contributed by atoms with Crippen LogP contribution in [0, 0.1) is 17.0 Å². The van der Waals surface area contributed by atoms with Gasteiger partial charge in [0.2, 0.25) is 0 Å². The molecule has 0 aliphatic carbocycles. The number of carbonyl (C=O) groups excluding carboxylic acids is 1. The van der Waals surface area contributed by atoms with E-state index < -0.39 is 29.2 Å². The van der Waals surface area contributed by atoms with Crippen LogP contribution in [0.4, 0.5) is 8.78 Å². The highest BCUT2D eigenvalue weighted by Gasteiger charge is 2.28. The highest BCUT2D eigenvalue weighted by Crippen LogP contribution is 2.29. The van der Waals surface area contributed by atoms with Gasteiger partial charge < -0.3 is 14.8 Å². The Hall–Kier alpha value is -3.89. The summed E-state index contributed by atoms with van der Waals surface area (Å²) in [6.45, 7) is 1.77. The number of amidine groups is 1. The van der Waals surface area contributed by atoms with Crippen LogP contribution in [0.15, 0.2) is 60.8 Å². The van der Waals surface area contributed by atoms with E-state index in [0.29, 0.717) is 16.8 Å². The average molecular weight is 470 g/mol. The molecule has 1 aromatic heterocycles. The lowest BCUT2D eigenvalue weighted by Gasteiger charge is -2.19. The van der Waals surface area contributed by atoms with Crippen molar-refractivity contribution in [2.24, 2.45) is 0 Å². The smallest absolute Gasteiger partial charge is 0.254 e. The zero-order valence-electron chi connectivity index (χ0n) is 18.3. The first-order valence-electron chi connectivity index (χ1n) is 10.4. The standard InChI is InChI=1S/C24H24F2N4O4/c1-2-33-22(24(31)29-13-15-6-8-16(9-7-15)23(27)30-32)21-19(25)11-18(12-20(21)26)34-14-17-5-3-4-10-28-17/h3-12,22,32H,2,13-14H2,1H3,(H2,27,30)(H,29,31). The zero-order valence-corrected chi connectivity index (χ0v) is 18.3. The van der Waals surface area contributed by atoms with Crippen molar-refractivity contribution in [2.75, 3.05) is 6.61 Å². The molecule has 0 saturated carbocycles. The fourth-order valence-electron chi connectivity index (χ4n) is 3.13. The number of halogens is 2. The summed E-state index contributed by atoms with van der Waals surface area (Å²) in [7, 11) is 0. The predicted octanol–water partition coefficient (Wildman–Crippen LogP) is 3.64. The van der Waals surface area contributed by atoms with Gasteiger partial charge in [0.25, 0.3) is 5.91 Å². The van der Waals surface area contributed by atoms with E-state index in [1.54, 1.807) is 61.1 Å². The molecule has 8 nitrogen and oxygen atoms in total. The Bertz CT molecular complexity index is 1100. The van der Waals surface area contributed by atoms with Crippen molar-refractivity contribution in [1.29, 1.82) is 5.41 Å². The maximum absolute atomic E-state index is 14.8. The third-order valence-electron chi connectivity index (χ3n) is 4.82. The summed E-state index contributed by atoms with van der Waals surface area (Å²) in [6.07, 6.45) is 0.0842. The summed E-state index contributed by atoms with van der Waals surface area (Å²) < 4.78 is 40.5. The number of hydrogen-bond donors (Lipinski definition) is 4. The van der Waals surface area contributed by atoms with Crippen LogP contribution in [0.25, 0.3) is 0 Å². The number of rotatable bonds is 10. The lowest BCUT2D eigenvalue weighted by Crippen LogP contribution is -2.31. The molecule has 34 heavy (non-hydrogen) atoms. The molecule has 0 aliphatic rings. The zero-order chi connectivity index (χ0) is 24.5. The van der Waals surface area contributed by atoms with E-state index in [0.717, 1.165) is 12.1 Å². The Labute approximate surface area is 195 Å². The molecule has 0 fully saturated rings. The molecule has 1 unspecified atom stereocenters. The molecule has 0 bridgehead atoms. The molecular weight excluding hydrogens is 446 g/mol. The van der Waals surface area contributed by atoms with E-state index in [1.807, 2.05) is 0 Å². The molecule has 0 radical (unpaired) electrons. The van der Waals surface area contributed by atoms with Gasteiger partial charge in [-0.15, -0.1) is 0 Å². The second-order valence-corrected chi connectivity index (χ2v) is 7.15. The molecular formula is C24H24F2N4O4. The van der Waals surface area contributed by atoms with Crippen LogP contribution >= 0.6 is 0 Å². The van der Waals surface area contributed by atoms with Gasteiger partial charge in [-0.2, -0.15) is 0 Å². The van der Waals surface area contributed by atoms with Crippen LogP contribution in [0.3, 0.4) is 0 Å². The van der Waals surface area contributed by atoms with Gasteiger partial charge in [-0.1, -0.05) is 30.3 Å². The molecule has 4 N–H and O–H groups in total. The van der Waals surface area contributed by atoms with Crippen molar-refractivity contribution >= 4 is 11.7 Å². The lowest BCUT2D eigenvalue weighted by atomic mass is 10.1. The molecule has 1 atom stereocenters. The number of ether oxygens (including phenoxy) is 2. The first-order valence-corrected chi connectivity index (χ1v) is 10.4. The normalized spacial score (nSPS) is 11.5. The van der Waals surface area contributed by atoms with Gasteiger partial charge in [-0.25, -0.2) is 8.78 Å². The Kier molecular flexibility index (Phi) is 8.60. The largest absolute Gasteiger partial charge is 0.487 e. The summed E-state index contributed by atoms with van der Waals surface area (Å²) >= 11 is 0. The van der Waals surface area contributed by atoms with Crippen LogP contribution in [0.5, 0.6) is 5.75 Å². The van der Waals surface area contributed by atoms with E-state index in [9.17, 15) is 13.6 Å². The molecule has 3 aromatic rings. The minimum absolute atomic E-state index is 0.0288. The van der Waals surface area contributed by atoms with E-state index in [1.165, 1.54) is 0 Å². The predicted molar refractivity (Wildman–Crippen MR) is 119 cm³/mol. The maximum atomic E-state index is 14.8. The topological polar surface area (TPSA) is 117 Å². The van der Waals surface area contributed by atoms with Crippen LogP contribution < -0.4 is 15.5 Å². The minimum Gasteiger partial charge on any atom is -0.487 e. The number of hydroxylamine groups is 1. The molecule has 0 aliphatic heterocycles. The summed E-state index contributed by atoms with van der Waals surface area (Å²) in [4.78, 5) is 16.8. The van der Waals surface area contributed by atoms with Gasteiger partial charge in [-0.05, 0) is 24.6 Å². The van der Waals surface area contributed by atoms with Crippen LogP contribution in [-0.4, -0.2) is 28.5 Å². The summed E-state index contributed by atoms with van der Waals surface area (Å²) in [5.41, 5.74) is 2.95. The van der Waals surface area contributed by atoms with Crippen molar-refractivity contribution in [2.45, 2.75) is 26.2 Å². The number of benzene rings is 2. The number of aromatic nitrogens is 1. The molecule has 0 spiro atoms. The molecule has 2 aromatic carbocycles. The first-order chi connectivity index (χ1) is 16.4. The quantitative estimate of drug-likeness (QED) is 0.204. The van der Waals surface area contributed by atoms with Crippen LogP contribution in [0.2, 0.25) is 0 Å². The number of nitrogens with one attached hydrogen (secondary N) is 3. The van der Waals surface area contributed by atoms with Gasteiger partial charge in [0.15, 0.2) is 6.10 Å². The Morgan fingerprint density at radius 2 is 1.85 bits per heavy atom. The van der Waals surface area contributed by atoms with Gasteiger partial charge >= 0.3 is 0 Å². The molecule has 3 rings (SSSR count). The van der Waals surface area contributed by atoms with E-state index in [-0.39, 0.29) is 31.3 Å². The van der Waals surface area contributed by atoms with Gasteiger partial charge in [0, 0.05) is 37.0 Å². The van der Waals surface area contributed by atoms with E-state index in [4.69, 9.17) is 20.1 Å². The second-order valence-electron chi connectivity index (χ2n) is 7.15. The SMILES string of the molecule is CCOC(C(=O)NCc1ccc(C(=N)NO)cc1)c1c(F)cc(OCc2ccccn2)cc1F. The number of carbonyl (C=O) groups is 1. The van der Waals surface area contributed by atoms with Gasteiger partial charge in [0.05, 0.1) is 11.3 Å². The Morgan fingerprint density at radius 3 is 2.44 bits per heavy atom. The molecule has 178 valence electrons. The summed E-state index contributed by atoms with van der Waals surface area (Å²) in [6, 6.07) is 13.7. The van der Waals surface area contributed by atoms with E-state index >= 15 is 0 Å². The molecule has 10 heteroatoms. The van der Waals surface area contributed by atoms with Crippen molar-refractivity contribution in [3.63, 3.8) is 0 Å². The first kappa shape index (κ1) is 24.7. The highest BCUT2D eigenvalue weighted by molar-refractivity contribution is 5.95. The summed E-state index contributed by atoms with van der Waals surface area (Å²) in [5, 5.41) is 18.9. The molecule has 1 amide bonds. The van der Waals surface area contributed by atoms with Crippen molar-refractivity contribution in [3.05, 3.63) is 94.8 Å². The lowest BCUT2D eigenvalue weighted by molar-refractivity contribution is -0.133. The van der Waals surface area contributed by atoms with Crippen LogP contribution in [-0.2, 0) is 22.7 Å². The average Bonchev–Trinajstić information content (AvgIpc) is 2.85. The van der Waals surface area contributed by atoms with Gasteiger partial charge in [0.1, 0.15) is 29.8 Å². The fourth-order valence-corrected chi connectivity index (χ4v) is 3.13. The second kappa shape index (κ2) is 11.8. The maximum Gasteiger partial charge on any atom is 0.254 e. The highest BCUT2D eigenvalue weighted by atomic mass is 19.1. The molecule has 0 saturated heterocycles. The number of pyridine rings is 1. The number of amides is 1. The minimum atomic E-state index is -1.50. The summed E-state index contributed by atoms with van der Waals surface area (Å²) in [5.74, 6) is -2.86. The fraction of sp³-hybridized carbons (Fsp3) is 0.208.